The molecule has 5 rings (SSSR count). The Bertz CT molecular complexity index is 381. The van der Waals surface area contributed by atoms with E-state index in [2.05, 4.69) is 19.1 Å². The SMILES string of the molecule is CC12CCC(C1)C1C3C4C=CC(C4)C3CC12. The van der Waals surface area contributed by atoms with Crippen molar-refractivity contribution >= 4 is 0 Å². The largest absolute Gasteiger partial charge is 0.0848 e. The van der Waals surface area contributed by atoms with Gasteiger partial charge in [-0.05, 0) is 78.9 Å². The zero-order chi connectivity index (χ0) is 10.5. The lowest BCUT2D eigenvalue weighted by Gasteiger charge is -2.35. The molecular formula is C16H22. The van der Waals surface area contributed by atoms with Crippen LogP contribution >= 0.6 is 0 Å². The zero-order valence-corrected chi connectivity index (χ0v) is 10.2. The van der Waals surface area contributed by atoms with E-state index in [1.54, 1.807) is 25.7 Å². The summed E-state index contributed by atoms with van der Waals surface area (Å²) < 4.78 is 0. The van der Waals surface area contributed by atoms with Crippen molar-refractivity contribution in [1.82, 2.24) is 0 Å². The molecule has 4 fully saturated rings. The third kappa shape index (κ3) is 0.772. The lowest BCUT2D eigenvalue weighted by molar-refractivity contribution is 0.140. The Morgan fingerprint density at radius 1 is 1.06 bits per heavy atom. The highest BCUT2D eigenvalue weighted by atomic mass is 14.7. The molecule has 8 atom stereocenters. The Morgan fingerprint density at radius 2 is 1.94 bits per heavy atom. The molecule has 4 saturated carbocycles. The third-order valence-corrected chi connectivity index (χ3v) is 7.38. The minimum atomic E-state index is 0.777. The summed E-state index contributed by atoms with van der Waals surface area (Å²) in [6.45, 7) is 2.62. The van der Waals surface area contributed by atoms with Gasteiger partial charge in [-0.3, -0.25) is 0 Å². The maximum atomic E-state index is 2.62. The Kier molecular flexibility index (Phi) is 1.34. The second kappa shape index (κ2) is 2.44. The second-order valence-electron chi connectivity index (χ2n) is 7.77. The van der Waals surface area contributed by atoms with E-state index in [1.165, 1.54) is 6.42 Å². The van der Waals surface area contributed by atoms with Gasteiger partial charge in [-0.2, -0.15) is 0 Å². The van der Waals surface area contributed by atoms with Crippen LogP contribution in [-0.2, 0) is 0 Å². The maximum absolute atomic E-state index is 2.62. The van der Waals surface area contributed by atoms with Gasteiger partial charge < -0.3 is 0 Å². The summed E-state index contributed by atoms with van der Waals surface area (Å²) >= 11 is 0. The first-order valence-electron chi connectivity index (χ1n) is 7.45. The van der Waals surface area contributed by atoms with Gasteiger partial charge in [0.05, 0.1) is 0 Å². The summed E-state index contributed by atoms with van der Waals surface area (Å²) in [4.78, 5) is 0. The summed E-state index contributed by atoms with van der Waals surface area (Å²) in [6.07, 6.45) is 13.0. The predicted molar refractivity (Wildman–Crippen MR) is 64.8 cm³/mol. The monoisotopic (exact) mass is 214 g/mol. The van der Waals surface area contributed by atoms with E-state index in [1.807, 2.05) is 0 Å². The first-order valence-corrected chi connectivity index (χ1v) is 7.45. The lowest BCUT2D eigenvalue weighted by Crippen LogP contribution is -2.29. The van der Waals surface area contributed by atoms with E-state index in [0.717, 1.165) is 46.8 Å². The topological polar surface area (TPSA) is 0 Å². The van der Waals surface area contributed by atoms with Gasteiger partial charge >= 0.3 is 0 Å². The fourth-order valence-electron chi connectivity index (χ4n) is 6.96. The predicted octanol–water partition coefficient (Wildman–Crippen LogP) is 3.88. The van der Waals surface area contributed by atoms with Crippen molar-refractivity contribution in [2.24, 2.45) is 46.8 Å². The van der Waals surface area contributed by atoms with E-state index < -0.39 is 0 Å². The molecular weight excluding hydrogens is 192 g/mol. The molecule has 0 aromatic rings. The molecule has 0 amide bonds. The summed E-state index contributed by atoms with van der Waals surface area (Å²) in [6, 6.07) is 0. The van der Waals surface area contributed by atoms with Gasteiger partial charge in [0.15, 0.2) is 0 Å². The number of hydrogen-bond donors (Lipinski definition) is 0. The molecule has 0 radical (unpaired) electrons. The molecule has 86 valence electrons. The highest BCUT2D eigenvalue weighted by Gasteiger charge is 2.65. The number of fused-ring (bicyclic) bond motifs is 11. The molecule has 0 aromatic carbocycles. The van der Waals surface area contributed by atoms with Crippen LogP contribution in [0, 0.1) is 46.8 Å². The fraction of sp³-hybridized carbons (Fsp3) is 0.875. The smallest absolute Gasteiger partial charge is 0.0194 e. The quantitative estimate of drug-likeness (QED) is 0.537. The van der Waals surface area contributed by atoms with Crippen LogP contribution in [0.15, 0.2) is 12.2 Å². The summed E-state index contributed by atoms with van der Waals surface area (Å²) in [5, 5.41) is 0. The molecule has 0 nitrogen and oxygen atoms in total. The number of hydrogen-bond acceptors (Lipinski definition) is 0. The first-order chi connectivity index (χ1) is 7.76. The third-order valence-electron chi connectivity index (χ3n) is 7.38. The van der Waals surface area contributed by atoms with E-state index in [0.29, 0.717) is 0 Å². The van der Waals surface area contributed by atoms with Crippen molar-refractivity contribution in [3.8, 4) is 0 Å². The van der Waals surface area contributed by atoms with Crippen molar-refractivity contribution in [3.05, 3.63) is 12.2 Å². The van der Waals surface area contributed by atoms with Crippen molar-refractivity contribution < 1.29 is 0 Å². The maximum Gasteiger partial charge on any atom is -0.0194 e. The van der Waals surface area contributed by atoms with Crippen LogP contribution in [0.3, 0.4) is 0 Å². The standard InChI is InChI=1S/C16H22/c1-16-5-4-11(8-16)15-13(16)7-12-9-2-3-10(6-9)14(12)15/h2-3,9-15H,4-8H2,1H3. The van der Waals surface area contributed by atoms with Crippen LogP contribution in [0.1, 0.15) is 39.0 Å². The van der Waals surface area contributed by atoms with Gasteiger partial charge in [0.2, 0.25) is 0 Å². The summed E-state index contributed by atoms with van der Waals surface area (Å²) in [5.74, 6) is 7.68. The zero-order valence-electron chi connectivity index (χ0n) is 10.2. The first kappa shape index (κ1) is 8.78. The molecule has 16 heavy (non-hydrogen) atoms. The molecule has 0 N–H and O–H groups in total. The van der Waals surface area contributed by atoms with Crippen LogP contribution in [0.5, 0.6) is 0 Å². The van der Waals surface area contributed by atoms with Gasteiger partial charge in [-0.25, -0.2) is 0 Å². The second-order valence-corrected chi connectivity index (χ2v) is 7.77. The lowest BCUT2D eigenvalue weighted by atomic mass is 9.70. The minimum Gasteiger partial charge on any atom is -0.0848 e. The van der Waals surface area contributed by atoms with Gasteiger partial charge in [0.1, 0.15) is 0 Å². The molecule has 5 aliphatic rings. The van der Waals surface area contributed by atoms with E-state index in [-0.39, 0.29) is 0 Å². The number of allylic oxidation sites excluding steroid dienone is 2. The molecule has 4 bridgehead atoms. The van der Waals surface area contributed by atoms with Crippen molar-refractivity contribution in [2.45, 2.75) is 39.0 Å². The summed E-state index contributed by atoms with van der Waals surface area (Å²) in [5.41, 5.74) is 0.777. The molecule has 8 unspecified atom stereocenters. The molecule has 0 heteroatoms. The van der Waals surface area contributed by atoms with Crippen LogP contribution in [-0.4, -0.2) is 0 Å². The van der Waals surface area contributed by atoms with E-state index in [9.17, 15) is 0 Å². The van der Waals surface area contributed by atoms with Crippen LogP contribution in [0.2, 0.25) is 0 Å². The molecule has 0 saturated heterocycles. The summed E-state index contributed by atoms with van der Waals surface area (Å²) in [7, 11) is 0. The molecule has 5 aliphatic carbocycles. The minimum absolute atomic E-state index is 0.777. The van der Waals surface area contributed by atoms with Gasteiger partial charge in [-0.15, -0.1) is 0 Å². The Hall–Kier alpha value is -0.260. The van der Waals surface area contributed by atoms with E-state index in [4.69, 9.17) is 0 Å². The molecule has 0 heterocycles. The fourth-order valence-corrected chi connectivity index (χ4v) is 6.96. The Morgan fingerprint density at radius 3 is 2.88 bits per heavy atom. The van der Waals surface area contributed by atoms with Crippen LogP contribution < -0.4 is 0 Å². The molecule has 0 aliphatic heterocycles. The van der Waals surface area contributed by atoms with Crippen LogP contribution in [0.25, 0.3) is 0 Å². The van der Waals surface area contributed by atoms with Crippen LogP contribution in [0.4, 0.5) is 0 Å². The number of rotatable bonds is 0. The van der Waals surface area contributed by atoms with Gasteiger partial charge in [0, 0.05) is 0 Å². The van der Waals surface area contributed by atoms with Crippen molar-refractivity contribution in [2.75, 3.05) is 0 Å². The highest BCUT2D eigenvalue weighted by molar-refractivity contribution is 5.22. The molecule has 0 spiro atoms. The van der Waals surface area contributed by atoms with Gasteiger partial charge in [-0.1, -0.05) is 19.1 Å². The highest BCUT2D eigenvalue weighted by Crippen LogP contribution is 2.73. The van der Waals surface area contributed by atoms with Crippen molar-refractivity contribution in [3.63, 3.8) is 0 Å². The Balaban J connectivity index is 1.60. The Labute approximate surface area is 98.5 Å². The van der Waals surface area contributed by atoms with E-state index >= 15 is 0 Å². The molecule has 0 aromatic heterocycles. The average molecular weight is 214 g/mol. The average Bonchev–Trinajstić information content (AvgIpc) is 2.98. The normalized spacial score (nSPS) is 68.9. The van der Waals surface area contributed by atoms with Gasteiger partial charge in [0.25, 0.3) is 0 Å². The van der Waals surface area contributed by atoms with Crippen molar-refractivity contribution in [1.29, 1.82) is 0 Å².